The van der Waals surface area contributed by atoms with Gasteiger partial charge in [0, 0.05) is 20.0 Å². The third-order valence-electron chi connectivity index (χ3n) is 3.14. The lowest BCUT2D eigenvalue weighted by atomic mass is 9.97. The lowest BCUT2D eigenvalue weighted by Gasteiger charge is -2.32. The molecule has 2 amide bonds. The summed E-state index contributed by atoms with van der Waals surface area (Å²) in [4.78, 5) is 24.3. The zero-order chi connectivity index (χ0) is 12.7. The molecule has 2 N–H and O–H groups in total. The van der Waals surface area contributed by atoms with E-state index in [-0.39, 0.29) is 18.4 Å². The fraction of sp³-hybridized carbons (Fsp3) is 0.833. The minimum absolute atomic E-state index is 0.0297. The predicted molar refractivity (Wildman–Crippen MR) is 66.5 cm³/mol. The first kappa shape index (κ1) is 14.0. The Balaban J connectivity index is 2.21. The highest BCUT2D eigenvalue weighted by Crippen LogP contribution is 2.16. The van der Waals surface area contributed by atoms with Crippen molar-refractivity contribution < 1.29 is 9.59 Å². The van der Waals surface area contributed by atoms with E-state index in [1.807, 2.05) is 4.90 Å². The molecule has 1 aliphatic rings. The van der Waals surface area contributed by atoms with Crippen LogP contribution >= 0.6 is 0 Å². The Bertz CT molecular complexity index is 260. The minimum atomic E-state index is -0.152. The van der Waals surface area contributed by atoms with Crippen molar-refractivity contribution in [3.63, 3.8) is 0 Å². The number of carbonyl (C=O) groups excluding carboxylic acids is 2. The van der Waals surface area contributed by atoms with Crippen LogP contribution < -0.4 is 10.6 Å². The van der Waals surface area contributed by atoms with Crippen molar-refractivity contribution in [2.24, 2.45) is 5.92 Å². The van der Waals surface area contributed by atoms with E-state index in [9.17, 15) is 9.59 Å². The van der Waals surface area contributed by atoms with Gasteiger partial charge in [0.25, 0.3) is 0 Å². The topological polar surface area (TPSA) is 61.4 Å². The average molecular weight is 241 g/mol. The first-order valence-electron chi connectivity index (χ1n) is 6.36. The van der Waals surface area contributed by atoms with Gasteiger partial charge in [0.1, 0.15) is 0 Å². The van der Waals surface area contributed by atoms with Crippen molar-refractivity contribution in [2.75, 3.05) is 32.7 Å². The summed E-state index contributed by atoms with van der Waals surface area (Å²) >= 11 is 0. The monoisotopic (exact) mass is 241 g/mol. The number of rotatable bonds is 5. The molecule has 0 atom stereocenters. The van der Waals surface area contributed by atoms with Crippen LogP contribution in [0.25, 0.3) is 0 Å². The molecule has 0 aliphatic carbocycles. The number of hydrogen-bond donors (Lipinski definition) is 2. The van der Waals surface area contributed by atoms with Gasteiger partial charge in [0.05, 0.1) is 6.54 Å². The molecule has 1 aliphatic heterocycles. The van der Waals surface area contributed by atoms with Crippen LogP contribution in [0, 0.1) is 5.92 Å². The Hall–Kier alpha value is -1.10. The highest BCUT2D eigenvalue weighted by molar-refractivity contribution is 5.83. The molecule has 5 heteroatoms. The van der Waals surface area contributed by atoms with E-state index in [4.69, 9.17) is 0 Å². The Morgan fingerprint density at radius 1 is 1.29 bits per heavy atom. The zero-order valence-corrected chi connectivity index (χ0v) is 10.8. The lowest BCUT2D eigenvalue weighted by molar-refractivity contribution is -0.133. The summed E-state index contributed by atoms with van der Waals surface area (Å²) in [6, 6.07) is 0. The fourth-order valence-electron chi connectivity index (χ4n) is 2.05. The number of hydrogen-bond acceptors (Lipinski definition) is 3. The Labute approximate surface area is 103 Å². The van der Waals surface area contributed by atoms with Crippen molar-refractivity contribution in [1.29, 1.82) is 0 Å². The van der Waals surface area contributed by atoms with E-state index in [0.717, 1.165) is 39.0 Å². The molecule has 1 fully saturated rings. The third kappa shape index (κ3) is 5.17. The van der Waals surface area contributed by atoms with Crippen LogP contribution in [0.2, 0.25) is 0 Å². The molecule has 0 radical (unpaired) electrons. The number of piperidine rings is 1. The van der Waals surface area contributed by atoms with Gasteiger partial charge in [-0.15, -0.1) is 0 Å². The summed E-state index contributed by atoms with van der Waals surface area (Å²) in [6.45, 7) is 7.34. The predicted octanol–water partition coefficient (Wildman–Crippen LogP) is -0.0294. The molecule has 0 aromatic carbocycles. The van der Waals surface area contributed by atoms with Crippen molar-refractivity contribution >= 4 is 11.8 Å². The summed E-state index contributed by atoms with van der Waals surface area (Å²) in [5.74, 6) is 0.558. The van der Waals surface area contributed by atoms with Gasteiger partial charge in [-0.3, -0.25) is 9.59 Å². The molecule has 0 aromatic rings. The molecule has 98 valence electrons. The number of amides is 2. The van der Waals surface area contributed by atoms with Crippen LogP contribution in [0.4, 0.5) is 0 Å². The number of likely N-dealkylation sites (tertiary alicyclic amines) is 1. The van der Waals surface area contributed by atoms with Crippen LogP contribution in [0.15, 0.2) is 0 Å². The van der Waals surface area contributed by atoms with Gasteiger partial charge < -0.3 is 15.5 Å². The van der Waals surface area contributed by atoms with E-state index in [0.29, 0.717) is 5.92 Å². The summed E-state index contributed by atoms with van der Waals surface area (Å²) in [5.41, 5.74) is 0. The van der Waals surface area contributed by atoms with E-state index in [2.05, 4.69) is 17.6 Å². The van der Waals surface area contributed by atoms with E-state index >= 15 is 0 Å². The molecule has 0 saturated carbocycles. The molecule has 1 saturated heterocycles. The number of nitrogens with zero attached hydrogens (tertiary/aromatic N) is 1. The van der Waals surface area contributed by atoms with Crippen LogP contribution in [0.5, 0.6) is 0 Å². The molecule has 0 spiro atoms. The van der Waals surface area contributed by atoms with Gasteiger partial charge >= 0.3 is 0 Å². The van der Waals surface area contributed by atoms with E-state index in [1.54, 1.807) is 0 Å². The van der Waals surface area contributed by atoms with Gasteiger partial charge in [-0.2, -0.15) is 0 Å². The van der Waals surface area contributed by atoms with Gasteiger partial charge in [-0.05, 0) is 31.8 Å². The highest BCUT2D eigenvalue weighted by atomic mass is 16.2. The summed E-state index contributed by atoms with van der Waals surface area (Å²) in [6.07, 6.45) is 2.11. The van der Waals surface area contributed by atoms with E-state index < -0.39 is 0 Å². The molecule has 5 nitrogen and oxygen atoms in total. The SMILES string of the molecule is CCNCC1CCN(C(=O)CNC(C)=O)CC1. The summed E-state index contributed by atoms with van der Waals surface area (Å²) in [5, 5.41) is 5.89. The summed E-state index contributed by atoms with van der Waals surface area (Å²) in [7, 11) is 0. The van der Waals surface area contributed by atoms with Crippen LogP contribution in [-0.4, -0.2) is 49.4 Å². The second kappa shape index (κ2) is 7.27. The molecule has 1 heterocycles. The largest absolute Gasteiger partial charge is 0.347 e. The van der Waals surface area contributed by atoms with Crippen molar-refractivity contribution in [3.8, 4) is 0 Å². The Morgan fingerprint density at radius 3 is 2.47 bits per heavy atom. The number of nitrogens with one attached hydrogen (secondary N) is 2. The second-order valence-electron chi connectivity index (χ2n) is 4.54. The average Bonchev–Trinajstić information content (AvgIpc) is 2.34. The lowest BCUT2D eigenvalue weighted by Crippen LogP contribution is -2.44. The maximum atomic E-state index is 11.7. The Kier molecular flexibility index (Phi) is 5.97. The standard InChI is InChI=1S/C12H23N3O2/c1-3-13-8-11-4-6-15(7-5-11)12(17)9-14-10(2)16/h11,13H,3-9H2,1-2H3,(H,14,16). The van der Waals surface area contributed by atoms with Gasteiger partial charge in [0.2, 0.25) is 11.8 Å². The van der Waals surface area contributed by atoms with Crippen molar-refractivity contribution in [1.82, 2.24) is 15.5 Å². The quantitative estimate of drug-likeness (QED) is 0.710. The van der Waals surface area contributed by atoms with Crippen LogP contribution in [-0.2, 0) is 9.59 Å². The second-order valence-corrected chi connectivity index (χ2v) is 4.54. The first-order valence-corrected chi connectivity index (χ1v) is 6.36. The normalized spacial score (nSPS) is 16.9. The highest BCUT2D eigenvalue weighted by Gasteiger charge is 2.22. The molecule has 1 rings (SSSR count). The maximum absolute atomic E-state index is 11.7. The fourth-order valence-corrected chi connectivity index (χ4v) is 2.05. The molecular formula is C12H23N3O2. The van der Waals surface area contributed by atoms with Crippen molar-refractivity contribution in [2.45, 2.75) is 26.7 Å². The first-order chi connectivity index (χ1) is 8.13. The van der Waals surface area contributed by atoms with Gasteiger partial charge in [-0.1, -0.05) is 6.92 Å². The smallest absolute Gasteiger partial charge is 0.241 e. The van der Waals surface area contributed by atoms with Crippen molar-refractivity contribution in [3.05, 3.63) is 0 Å². The number of carbonyl (C=O) groups is 2. The molecule has 0 unspecified atom stereocenters. The minimum Gasteiger partial charge on any atom is -0.347 e. The molecule has 17 heavy (non-hydrogen) atoms. The van der Waals surface area contributed by atoms with E-state index in [1.165, 1.54) is 6.92 Å². The van der Waals surface area contributed by atoms with Crippen LogP contribution in [0.3, 0.4) is 0 Å². The molecule has 0 bridgehead atoms. The van der Waals surface area contributed by atoms with Gasteiger partial charge in [-0.25, -0.2) is 0 Å². The summed E-state index contributed by atoms with van der Waals surface area (Å²) < 4.78 is 0. The molecular weight excluding hydrogens is 218 g/mol. The Morgan fingerprint density at radius 2 is 1.94 bits per heavy atom. The zero-order valence-electron chi connectivity index (χ0n) is 10.8. The van der Waals surface area contributed by atoms with Crippen LogP contribution in [0.1, 0.15) is 26.7 Å². The van der Waals surface area contributed by atoms with Gasteiger partial charge in [0.15, 0.2) is 0 Å². The molecule has 0 aromatic heterocycles. The maximum Gasteiger partial charge on any atom is 0.241 e. The third-order valence-corrected chi connectivity index (χ3v) is 3.14.